The first-order valence-electron chi connectivity index (χ1n) is 5.95. The van der Waals surface area contributed by atoms with Gasteiger partial charge in [0.05, 0.1) is 19.8 Å². The van der Waals surface area contributed by atoms with E-state index in [9.17, 15) is 0 Å². The van der Waals surface area contributed by atoms with Crippen LogP contribution in [-0.4, -0.2) is 46.3 Å². The van der Waals surface area contributed by atoms with Gasteiger partial charge in [0.1, 0.15) is 0 Å². The highest BCUT2D eigenvalue weighted by Crippen LogP contribution is 2.15. The Kier molecular flexibility index (Phi) is 3.29. The summed E-state index contributed by atoms with van der Waals surface area (Å²) in [5.41, 5.74) is 0.918. The molecule has 1 saturated heterocycles. The average molecular weight is 246 g/mol. The zero-order chi connectivity index (χ0) is 12.2. The van der Waals surface area contributed by atoms with Crippen LogP contribution in [0, 0.1) is 0 Å². The Labute approximate surface area is 105 Å². The summed E-state index contributed by atoms with van der Waals surface area (Å²) in [6, 6.07) is 3.73. The monoisotopic (exact) mass is 246 g/mol. The molecule has 94 valence electrons. The molecule has 0 spiro atoms. The summed E-state index contributed by atoms with van der Waals surface area (Å²) in [6.45, 7) is 4.04. The highest BCUT2D eigenvalue weighted by molar-refractivity contribution is 5.52. The van der Waals surface area contributed by atoms with Crippen molar-refractivity contribution in [3.63, 3.8) is 0 Å². The number of nitrogens with zero attached hydrogens (tertiary/aromatic N) is 4. The first-order valence-corrected chi connectivity index (χ1v) is 5.95. The highest BCUT2D eigenvalue weighted by atomic mass is 16.5. The maximum absolute atomic E-state index is 5.30. The van der Waals surface area contributed by atoms with Gasteiger partial charge in [-0.25, -0.2) is 0 Å². The van der Waals surface area contributed by atoms with Gasteiger partial charge in [0.2, 0.25) is 11.7 Å². The number of ether oxygens (including phenoxy) is 1. The van der Waals surface area contributed by atoms with E-state index in [1.165, 1.54) is 0 Å². The normalized spacial score (nSPS) is 16.9. The molecule has 0 N–H and O–H groups in total. The van der Waals surface area contributed by atoms with E-state index in [0.29, 0.717) is 18.3 Å². The van der Waals surface area contributed by atoms with Crippen LogP contribution in [0.2, 0.25) is 0 Å². The van der Waals surface area contributed by atoms with Crippen molar-refractivity contribution in [3.05, 3.63) is 30.4 Å². The topological polar surface area (TPSA) is 64.3 Å². The van der Waals surface area contributed by atoms with E-state index >= 15 is 0 Å². The number of hydrogen-bond donors (Lipinski definition) is 0. The lowest BCUT2D eigenvalue weighted by molar-refractivity contribution is 0.0297. The van der Waals surface area contributed by atoms with Gasteiger partial charge < -0.3 is 9.26 Å². The predicted octanol–water partition coefficient (Wildman–Crippen LogP) is 0.964. The van der Waals surface area contributed by atoms with Gasteiger partial charge in [-0.15, -0.1) is 0 Å². The lowest BCUT2D eigenvalue weighted by Crippen LogP contribution is -2.35. The molecule has 2 aromatic heterocycles. The second kappa shape index (κ2) is 5.24. The van der Waals surface area contributed by atoms with E-state index in [4.69, 9.17) is 9.26 Å². The van der Waals surface area contributed by atoms with Gasteiger partial charge in [0, 0.05) is 31.0 Å². The minimum atomic E-state index is 0.612. The molecule has 6 heteroatoms. The van der Waals surface area contributed by atoms with Gasteiger partial charge in [-0.05, 0) is 12.1 Å². The Morgan fingerprint density at radius 3 is 2.72 bits per heavy atom. The number of pyridine rings is 1. The van der Waals surface area contributed by atoms with Crippen molar-refractivity contribution < 1.29 is 9.26 Å². The molecule has 1 fully saturated rings. The fourth-order valence-corrected chi connectivity index (χ4v) is 1.89. The molecule has 0 radical (unpaired) electrons. The molecular weight excluding hydrogens is 232 g/mol. The standard InChI is InChI=1S/C12H14N4O2/c1-3-13-4-2-10(1)12-14-11(18-15-12)9-16-5-7-17-8-6-16/h1-4H,5-9H2. The van der Waals surface area contributed by atoms with Crippen molar-refractivity contribution >= 4 is 0 Å². The minimum absolute atomic E-state index is 0.612. The van der Waals surface area contributed by atoms with Crippen molar-refractivity contribution in [2.24, 2.45) is 0 Å². The molecule has 18 heavy (non-hydrogen) atoms. The van der Waals surface area contributed by atoms with Gasteiger partial charge in [-0.1, -0.05) is 5.16 Å². The fraction of sp³-hybridized carbons (Fsp3) is 0.417. The van der Waals surface area contributed by atoms with Crippen LogP contribution in [-0.2, 0) is 11.3 Å². The Morgan fingerprint density at radius 2 is 1.94 bits per heavy atom. The van der Waals surface area contributed by atoms with Crippen LogP contribution in [0.5, 0.6) is 0 Å². The largest absolute Gasteiger partial charge is 0.379 e. The van der Waals surface area contributed by atoms with Crippen LogP contribution < -0.4 is 0 Å². The van der Waals surface area contributed by atoms with Gasteiger partial charge in [-0.3, -0.25) is 9.88 Å². The number of morpholine rings is 1. The van der Waals surface area contributed by atoms with Gasteiger partial charge in [0.25, 0.3) is 0 Å². The van der Waals surface area contributed by atoms with Crippen LogP contribution in [0.3, 0.4) is 0 Å². The SMILES string of the molecule is c1cc(-c2noc(CN3CCOCC3)n2)ccn1. The fourth-order valence-electron chi connectivity index (χ4n) is 1.89. The molecule has 0 saturated carbocycles. The number of aromatic nitrogens is 3. The molecule has 2 aromatic rings. The molecule has 3 heterocycles. The molecule has 0 amide bonds. The van der Waals surface area contributed by atoms with Crippen molar-refractivity contribution in [3.8, 4) is 11.4 Å². The Bertz CT molecular complexity index is 494. The van der Waals surface area contributed by atoms with Crippen molar-refractivity contribution in [2.45, 2.75) is 6.54 Å². The summed E-state index contributed by atoms with van der Waals surface area (Å²) in [5, 5.41) is 3.98. The smallest absolute Gasteiger partial charge is 0.241 e. The van der Waals surface area contributed by atoms with E-state index in [2.05, 4.69) is 20.0 Å². The third-order valence-electron chi connectivity index (χ3n) is 2.87. The molecular formula is C12H14N4O2. The van der Waals surface area contributed by atoms with Crippen LogP contribution in [0.4, 0.5) is 0 Å². The molecule has 0 aromatic carbocycles. The third kappa shape index (κ3) is 2.55. The van der Waals surface area contributed by atoms with Crippen LogP contribution in [0.25, 0.3) is 11.4 Å². The maximum Gasteiger partial charge on any atom is 0.241 e. The lowest BCUT2D eigenvalue weighted by Gasteiger charge is -2.24. The quantitative estimate of drug-likeness (QED) is 0.804. The first-order chi connectivity index (χ1) is 8.92. The van der Waals surface area contributed by atoms with E-state index in [1.54, 1.807) is 12.4 Å². The first kappa shape index (κ1) is 11.3. The lowest BCUT2D eigenvalue weighted by atomic mass is 10.2. The highest BCUT2D eigenvalue weighted by Gasteiger charge is 2.15. The Balaban J connectivity index is 1.69. The van der Waals surface area contributed by atoms with E-state index < -0.39 is 0 Å². The molecule has 1 aliphatic rings. The molecule has 0 atom stereocenters. The number of hydrogen-bond acceptors (Lipinski definition) is 6. The molecule has 0 bridgehead atoms. The molecule has 6 nitrogen and oxygen atoms in total. The Hall–Kier alpha value is -1.79. The second-order valence-corrected chi connectivity index (χ2v) is 4.14. The summed E-state index contributed by atoms with van der Waals surface area (Å²) in [7, 11) is 0. The molecule has 0 aliphatic carbocycles. The second-order valence-electron chi connectivity index (χ2n) is 4.14. The minimum Gasteiger partial charge on any atom is -0.379 e. The van der Waals surface area contributed by atoms with E-state index in [-0.39, 0.29) is 0 Å². The Morgan fingerprint density at radius 1 is 1.17 bits per heavy atom. The number of rotatable bonds is 3. The van der Waals surface area contributed by atoms with Gasteiger partial charge in [0.15, 0.2) is 0 Å². The van der Waals surface area contributed by atoms with Crippen molar-refractivity contribution in [1.29, 1.82) is 0 Å². The van der Waals surface area contributed by atoms with Gasteiger partial charge in [-0.2, -0.15) is 4.98 Å². The average Bonchev–Trinajstić information content (AvgIpc) is 2.89. The zero-order valence-corrected chi connectivity index (χ0v) is 9.95. The third-order valence-corrected chi connectivity index (χ3v) is 2.87. The van der Waals surface area contributed by atoms with Crippen molar-refractivity contribution in [1.82, 2.24) is 20.0 Å². The van der Waals surface area contributed by atoms with Gasteiger partial charge >= 0.3 is 0 Å². The summed E-state index contributed by atoms with van der Waals surface area (Å²) >= 11 is 0. The van der Waals surface area contributed by atoms with Crippen molar-refractivity contribution in [2.75, 3.05) is 26.3 Å². The maximum atomic E-state index is 5.30. The summed E-state index contributed by atoms with van der Waals surface area (Å²) in [6.07, 6.45) is 3.43. The van der Waals surface area contributed by atoms with Crippen LogP contribution in [0.15, 0.2) is 29.0 Å². The van der Waals surface area contributed by atoms with Crippen LogP contribution in [0.1, 0.15) is 5.89 Å². The summed E-state index contributed by atoms with van der Waals surface area (Å²) in [5.74, 6) is 1.25. The summed E-state index contributed by atoms with van der Waals surface area (Å²) < 4.78 is 10.6. The molecule has 3 rings (SSSR count). The van der Waals surface area contributed by atoms with Crippen LogP contribution >= 0.6 is 0 Å². The zero-order valence-electron chi connectivity index (χ0n) is 9.95. The molecule has 0 unspecified atom stereocenters. The van der Waals surface area contributed by atoms with E-state index in [0.717, 1.165) is 31.9 Å². The summed E-state index contributed by atoms with van der Waals surface area (Å²) in [4.78, 5) is 10.6. The van der Waals surface area contributed by atoms with E-state index in [1.807, 2.05) is 12.1 Å². The molecule has 1 aliphatic heterocycles. The predicted molar refractivity (Wildman–Crippen MR) is 63.6 cm³/mol.